The maximum absolute atomic E-state index is 11.2. The van der Waals surface area contributed by atoms with Crippen LogP contribution in [-0.2, 0) is 0 Å². The summed E-state index contributed by atoms with van der Waals surface area (Å²) < 4.78 is 0. The van der Waals surface area contributed by atoms with Crippen molar-refractivity contribution in [3.63, 3.8) is 0 Å². The number of hydrogen-bond acceptors (Lipinski definition) is 7. The molecule has 8 nitrogen and oxygen atoms in total. The summed E-state index contributed by atoms with van der Waals surface area (Å²) in [6, 6.07) is 4.71. The minimum atomic E-state index is -0.447. The first kappa shape index (κ1) is 21.7. The van der Waals surface area contributed by atoms with Gasteiger partial charge in [0.25, 0.3) is 5.69 Å². The van der Waals surface area contributed by atoms with Gasteiger partial charge in [-0.05, 0) is 25.0 Å². The van der Waals surface area contributed by atoms with Crippen LogP contribution in [0.1, 0.15) is 39.5 Å². The molecule has 0 unspecified atom stereocenters. The largest absolute Gasteiger partial charge is 0.403 e. The van der Waals surface area contributed by atoms with E-state index in [1.165, 1.54) is 23.5 Å². The Balaban J connectivity index is 0.00000254. The third-order valence-electron chi connectivity index (χ3n) is 3.12. The van der Waals surface area contributed by atoms with E-state index in [1.807, 2.05) is 13.8 Å². The Morgan fingerprint density at radius 1 is 1.29 bits per heavy atom. The molecule has 136 valence electrons. The van der Waals surface area contributed by atoms with E-state index in [9.17, 15) is 10.1 Å². The molecule has 0 amide bonds. The maximum Gasteiger partial charge on any atom is 0.294 e. The lowest BCUT2D eigenvalue weighted by atomic mass is 10.2. The van der Waals surface area contributed by atoms with E-state index in [4.69, 9.17) is 16.7 Å². The second-order valence-electron chi connectivity index (χ2n) is 4.77. The van der Waals surface area contributed by atoms with E-state index >= 15 is 0 Å². The van der Waals surface area contributed by atoms with E-state index in [1.54, 1.807) is 12.1 Å². The highest BCUT2D eigenvalue weighted by molar-refractivity contribution is 5.68. The Kier molecular flexibility index (Phi) is 11.9. The molecule has 0 bridgehead atoms. The van der Waals surface area contributed by atoms with Crippen LogP contribution in [0.25, 0.3) is 0 Å². The van der Waals surface area contributed by atoms with Crippen molar-refractivity contribution in [3.05, 3.63) is 40.7 Å². The van der Waals surface area contributed by atoms with Crippen LogP contribution in [0.5, 0.6) is 0 Å². The van der Waals surface area contributed by atoms with E-state index in [-0.39, 0.29) is 12.3 Å². The Hall–Kier alpha value is -2.32. The summed E-state index contributed by atoms with van der Waals surface area (Å²) in [6.45, 7) is 4.84. The van der Waals surface area contributed by atoms with Gasteiger partial charge in [0.1, 0.15) is 5.69 Å². The SMILES string of the molecule is CC.N/C=C\N(N)c1ccc(NCCCCCCO)c([N+](=O)[O-])c1. The first-order chi connectivity index (χ1) is 11.6. The molecular weight excluding hydrogens is 310 g/mol. The molecule has 8 heteroatoms. The van der Waals surface area contributed by atoms with Gasteiger partial charge in [0.15, 0.2) is 0 Å². The number of nitrogens with one attached hydrogen (secondary N) is 1. The highest BCUT2D eigenvalue weighted by Crippen LogP contribution is 2.29. The zero-order valence-electron chi connectivity index (χ0n) is 14.4. The van der Waals surface area contributed by atoms with Crippen LogP contribution in [-0.4, -0.2) is 23.2 Å². The van der Waals surface area contributed by atoms with E-state index in [0.29, 0.717) is 17.9 Å². The van der Waals surface area contributed by atoms with Crippen LogP contribution in [0.3, 0.4) is 0 Å². The van der Waals surface area contributed by atoms with Crippen molar-refractivity contribution in [1.29, 1.82) is 0 Å². The first-order valence-electron chi connectivity index (χ1n) is 8.15. The Morgan fingerprint density at radius 2 is 1.96 bits per heavy atom. The van der Waals surface area contributed by atoms with Gasteiger partial charge in [-0.15, -0.1) is 0 Å². The van der Waals surface area contributed by atoms with Crippen LogP contribution >= 0.6 is 0 Å². The summed E-state index contributed by atoms with van der Waals surface area (Å²) >= 11 is 0. The van der Waals surface area contributed by atoms with Gasteiger partial charge in [0, 0.05) is 31.6 Å². The Bertz CT molecular complexity index is 508. The van der Waals surface area contributed by atoms with Gasteiger partial charge in [-0.2, -0.15) is 0 Å². The third kappa shape index (κ3) is 7.80. The zero-order chi connectivity index (χ0) is 18.4. The van der Waals surface area contributed by atoms with E-state index in [2.05, 4.69) is 5.32 Å². The molecule has 1 aromatic carbocycles. The average Bonchev–Trinajstić information content (AvgIpc) is 2.60. The van der Waals surface area contributed by atoms with Gasteiger partial charge in [-0.1, -0.05) is 26.7 Å². The number of aliphatic hydroxyl groups excluding tert-OH is 1. The lowest BCUT2D eigenvalue weighted by molar-refractivity contribution is -0.383. The number of benzene rings is 1. The van der Waals surface area contributed by atoms with Gasteiger partial charge >= 0.3 is 0 Å². The summed E-state index contributed by atoms with van der Waals surface area (Å²) in [7, 11) is 0. The number of nitro groups is 1. The van der Waals surface area contributed by atoms with Crippen LogP contribution in [0.2, 0.25) is 0 Å². The van der Waals surface area contributed by atoms with E-state index in [0.717, 1.165) is 25.7 Å². The van der Waals surface area contributed by atoms with E-state index < -0.39 is 4.92 Å². The fourth-order valence-corrected chi connectivity index (χ4v) is 1.97. The summed E-state index contributed by atoms with van der Waals surface area (Å²) in [5.74, 6) is 5.70. The lowest BCUT2D eigenvalue weighted by Crippen LogP contribution is -2.24. The summed E-state index contributed by atoms with van der Waals surface area (Å²) in [4.78, 5) is 10.7. The molecule has 0 atom stereocenters. The molecule has 24 heavy (non-hydrogen) atoms. The summed E-state index contributed by atoms with van der Waals surface area (Å²) in [5, 5.41) is 24.1. The van der Waals surface area contributed by atoms with Crippen LogP contribution < -0.4 is 21.9 Å². The molecule has 0 radical (unpaired) electrons. The molecule has 6 N–H and O–H groups in total. The number of unbranched alkanes of at least 4 members (excludes halogenated alkanes) is 3. The highest BCUT2D eigenvalue weighted by atomic mass is 16.6. The summed E-state index contributed by atoms with van der Waals surface area (Å²) in [6.07, 6.45) is 6.26. The maximum atomic E-state index is 11.2. The normalized spacial score (nSPS) is 10.2. The summed E-state index contributed by atoms with van der Waals surface area (Å²) in [5.41, 5.74) is 6.15. The van der Waals surface area contributed by atoms with Crippen molar-refractivity contribution >= 4 is 17.1 Å². The molecule has 0 aromatic heterocycles. The quantitative estimate of drug-likeness (QED) is 0.223. The third-order valence-corrected chi connectivity index (χ3v) is 3.12. The van der Waals surface area contributed by atoms with Crippen molar-refractivity contribution in [1.82, 2.24) is 0 Å². The smallest absolute Gasteiger partial charge is 0.294 e. The number of nitrogens with zero attached hydrogens (tertiary/aromatic N) is 2. The second kappa shape index (κ2) is 13.1. The molecule has 0 spiro atoms. The molecule has 1 aromatic rings. The predicted octanol–water partition coefficient (Wildman–Crippen LogP) is 2.70. The molecule has 0 saturated carbocycles. The van der Waals surface area contributed by atoms with Gasteiger partial charge in [-0.3, -0.25) is 15.1 Å². The Labute approximate surface area is 143 Å². The van der Waals surface area contributed by atoms with Crippen LogP contribution in [0, 0.1) is 10.1 Å². The standard InChI is InChI=1S/C14H23N5O3.C2H6/c15-7-9-18(16)12-5-6-13(14(11-12)19(21)22)17-8-3-1-2-4-10-20;1-2/h5-7,9,11,17,20H,1-4,8,10,15-16H2;1-2H3/b9-7-;. The zero-order valence-corrected chi connectivity index (χ0v) is 14.4. The average molecular weight is 339 g/mol. The first-order valence-corrected chi connectivity index (χ1v) is 8.15. The molecule has 0 aliphatic heterocycles. The molecular formula is C16H29N5O3. The molecule has 0 fully saturated rings. The lowest BCUT2D eigenvalue weighted by Gasteiger charge is -2.14. The number of rotatable bonds is 10. The number of hydrogen-bond donors (Lipinski definition) is 4. The number of anilines is 2. The minimum absolute atomic E-state index is 0.0336. The van der Waals surface area contributed by atoms with Crippen molar-refractivity contribution in [2.45, 2.75) is 39.5 Å². The molecule has 0 heterocycles. The minimum Gasteiger partial charge on any atom is -0.403 e. The van der Waals surface area contributed by atoms with Gasteiger partial charge in [0.2, 0.25) is 0 Å². The second-order valence-corrected chi connectivity index (χ2v) is 4.77. The van der Waals surface area contributed by atoms with Crippen LogP contribution in [0.15, 0.2) is 30.6 Å². The molecule has 1 rings (SSSR count). The van der Waals surface area contributed by atoms with Crippen molar-refractivity contribution < 1.29 is 10.0 Å². The van der Waals surface area contributed by atoms with Crippen molar-refractivity contribution in [2.24, 2.45) is 11.6 Å². The fraction of sp³-hybridized carbons (Fsp3) is 0.500. The molecule has 0 saturated heterocycles. The predicted molar refractivity (Wildman–Crippen MR) is 98.5 cm³/mol. The fourth-order valence-electron chi connectivity index (χ4n) is 1.97. The van der Waals surface area contributed by atoms with Crippen molar-refractivity contribution in [3.8, 4) is 0 Å². The van der Waals surface area contributed by atoms with Gasteiger partial charge in [-0.25, -0.2) is 5.84 Å². The number of aliphatic hydroxyl groups is 1. The number of nitro benzene ring substituents is 1. The number of nitrogens with two attached hydrogens (primary N) is 2. The van der Waals surface area contributed by atoms with Gasteiger partial charge in [0.05, 0.1) is 10.6 Å². The highest BCUT2D eigenvalue weighted by Gasteiger charge is 2.15. The van der Waals surface area contributed by atoms with Crippen molar-refractivity contribution in [2.75, 3.05) is 23.5 Å². The topological polar surface area (TPSA) is 131 Å². The van der Waals surface area contributed by atoms with Crippen LogP contribution in [0.4, 0.5) is 17.1 Å². The molecule has 0 aliphatic rings. The number of hydrazine groups is 1. The Morgan fingerprint density at radius 3 is 2.54 bits per heavy atom. The monoisotopic (exact) mass is 339 g/mol. The van der Waals surface area contributed by atoms with Gasteiger partial charge < -0.3 is 16.2 Å². The molecule has 0 aliphatic carbocycles.